The van der Waals surface area contributed by atoms with E-state index in [4.69, 9.17) is 9.47 Å². The molecule has 1 saturated heterocycles. The maximum Gasteiger partial charge on any atom is 0.411 e. The van der Waals surface area contributed by atoms with E-state index in [-0.39, 0.29) is 31.9 Å². The summed E-state index contributed by atoms with van der Waals surface area (Å²) in [4.78, 5) is 50.8. The number of nitrogens with one attached hydrogen (secondary N) is 2. The van der Waals surface area contributed by atoms with Crippen LogP contribution in [0.5, 0.6) is 0 Å². The summed E-state index contributed by atoms with van der Waals surface area (Å²) in [6.07, 6.45) is -1.93. The third-order valence-corrected chi connectivity index (χ3v) is 5.62. The molecule has 0 spiro atoms. The lowest BCUT2D eigenvalue weighted by Gasteiger charge is -2.27. The van der Waals surface area contributed by atoms with Gasteiger partial charge in [0.1, 0.15) is 25.1 Å². The predicted molar refractivity (Wildman–Crippen MR) is 130 cm³/mol. The molecule has 1 unspecified atom stereocenters. The summed E-state index contributed by atoms with van der Waals surface area (Å²) in [5, 5.41) is 4.66. The topological polar surface area (TPSA) is 114 Å². The summed E-state index contributed by atoms with van der Waals surface area (Å²) in [5.74, 6) is -1.81. The predicted octanol–water partition coefficient (Wildman–Crippen LogP) is 4.13. The second-order valence-corrected chi connectivity index (χ2v) is 8.29. The number of hydrogen-bond acceptors (Lipinski definition) is 6. The molecular formula is C27H24FN3O6. The Hall–Kier alpha value is -4.73. The van der Waals surface area contributed by atoms with E-state index < -0.39 is 35.9 Å². The van der Waals surface area contributed by atoms with Gasteiger partial charge in [-0.05, 0) is 28.8 Å². The van der Waals surface area contributed by atoms with Crippen molar-refractivity contribution < 1.29 is 33.0 Å². The lowest BCUT2D eigenvalue weighted by Crippen LogP contribution is -2.44. The fourth-order valence-corrected chi connectivity index (χ4v) is 3.75. The van der Waals surface area contributed by atoms with E-state index >= 15 is 0 Å². The third kappa shape index (κ3) is 6.91. The van der Waals surface area contributed by atoms with E-state index in [2.05, 4.69) is 10.6 Å². The van der Waals surface area contributed by atoms with E-state index in [1.165, 1.54) is 6.07 Å². The highest BCUT2D eigenvalue weighted by Gasteiger charge is 2.39. The Morgan fingerprint density at radius 3 is 2.14 bits per heavy atom. The van der Waals surface area contributed by atoms with Crippen LogP contribution in [-0.4, -0.2) is 34.9 Å². The number of hydrogen-bond donors (Lipinski definition) is 2. The van der Waals surface area contributed by atoms with Crippen molar-refractivity contribution in [3.05, 3.63) is 101 Å². The molecule has 9 nitrogen and oxygen atoms in total. The first-order valence-electron chi connectivity index (χ1n) is 11.5. The van der Waals surface area contributed by atoms with Gasteiger partial charge < -0.3 is 9.47 Å². The number of halogens is 1. The molecule has 0 aromatic heterocycles. The Labute approximate surface area is 212 Å². The molecule has 3 aromatic rings. The normalized spacial score (nSPS) is 14.6. The Bertz CT molecular complexity index is 1290. The minimum Gasteiger partial charge on any atom is -0.445 e. The van der Waals surface area contributed by atoms with Crippen LogP contribution in [0.25, 0.3) is 0 Å². The molecule has 4 rings (SSSR count). The molecule has 1 aliphatic heterocycles. The van der Waals surface area contributed by atoms with Crippen LogP contribution in [-0.2, 0) is 38.8 Å². The summed E-state index contributed by atoms with van der Waals surface area (Å²) in [6.45, 7) is -0.300. The van der Waals surface area contributed by atoms with Crippen LogP contribution < -0.4 is 10.6 Å². The Morgan fingerprint density at radius 1 is 0.919 bits per heavy atom. The van der Waals surface area contributed by atoms with Crippen LogP contribution in [0.1, 0.15) is 23.1 Å². The van der Waals surface area contributed by atoms with Crippen molar-refractivity contribution in [2.45, 2.75) is 32.2 Å². The average Bonchev–Trinajstić information content (AvgIpc) is 3.24. The highest BCUT2D eigenvalue weighted by molar-refractivity contribution is 6.06. The number of rotatable bonds is 8. The van der Waals surface area contributed by atoms with Gasteiger partial charge in [0.05, 0.1) is 18.7 Å². The van der Waals surface area contributed by atoms with Crippen LogP contribution in [0.4, 0.5) is 19.7 Å². The largest absolute Gasteiger partial charge is 0.445 e. The van der Waals surface area contributed by atoms with Gasteiger partial charge in [0, 0.05) is 0 Å². The lowest BCUT2D eigenvalue weighted by atomic mass is 10.1. The van der Waals surface area contributed by atoms with Crippen LogP contribution in [0.3, 0.4) is 0 Å². The number of anilines is 1. The fraction of sp³-hybridized carbons (Fsp3) is 0.185. The molecule has 3 aromatic carbocycles. The monoisotopic (exact) mass is 505 g/mol. The van der Waals surface area contributed by atoms with Gasteiger partial charge in [-0.2, -0.15) is 0 Å². The SMILES string of the molecule is O=C1CC(N(Cc2ccc(F)cc2NC(=O)OCc2ccccc2)C(=O)OCc2ccccc2)C(=O)N1. The van der Waals surface area contributed by atoms with Crippen molar-refractivity contribution >= 4 is 29.7 Å². The van der Waals surface area contributed by atoms with Crippen molar-refractivity contribution in [1.82, 2.24) is 10.2 Å². The highest BCUT2D eigenvalue weighted by atomic mass is 19.1. The van der Waals surface area contributed by atoms with Crippen molar-refractivity contribution in [1.29, 1.82) is 0 Å². The molecule has 10 heteroatoms. The highest BCUT2D eigenvalue weighted by Crippen LogP contribution is 2.24. The van der Waals surface area contributed by atoms with E-state index in [1.807, 2.05) is 12.1 Å². The zero-order valence-electron chi connectivity index (χ0n) is 19.7. The van der Waals surface area contributed by atoms with Gasteiger partial charge in [-0.3, -0.25) is 25.1 Å². The second-order valence-electron chi connectivity index (χ2n) is 8.29. The third-order valence-electron chi connectivity index (χ3n) is 5.62. The summed E-state index contributed by atoms with van der Waals surface area (Å²) >= 11 is 0. The number of carbonyl (C=O) groups excluding carboxylic acids is 4. The smallest absolute Gasteiger partial charge is 0.411 e. The summed E-state index contributed by atoms with van der Waals surface area (Å²) in [7, 11) is 0. The fourth-order valence-electron chi connectivity index (χ4n) is 3.75. The minimum atomic E-state index is -1.13. The zero-order valence-corrected chi connectivity index (χ0v) is 19.7. The van der Waals surface area contributed by atoms with Gasteiger partial charge >= 0.3 is 12.2 Å². The van der Waals surface area contributed by atoms with Gasteiger partial charge in [0.2, 0.25) is 11.8 Å². The van der Waals surface area contributed by atoms with E-state index in [0.29, 0.717) is 5.56 Å². The number of carbonyl (C=O) groups is 4. The molecule has 190 valence electrons. The molecule has 1 heterocycles. The Morgan fingerprint density at radius 2 is 1.54 bits per heavy atom. The first kappa shape index (κ1) is 25.4. The number of nitrogens with zero attached hydrogens (tertiary/aromatic N) is 1. The van der Waals surface area contributed by atoms with E-state index in [0.717, 1.165) is 28.2 Å². The molecule has 1 atom stereocenters. The maximum absolute atomic E-state index is 14.1. The van der Waals surface area contributed by atoms with Crippen molar-refractivity contribution in [3.8, 4) is 0 Å². The number of amides is 4. The van der Waals surface area contributed by atoms with Crippen molar-refractivity contribution in [2.24, 2.45) is 0 Å². The van der Waals surface area contributed by atoms with Crippen molar-refractivity contribution in [3.63, 3.8) is 0 Å². The molecular weight excluding hydrogens is 481 g/mol. The quantitative estimate of drug-likeness (QED) is 0.445. The van der Waals surface area contributed by atoms with Crippen molar-refractivity contribution in [2.75, 3.05) is 5.32 Å². The molecule has 1 aliphatic rings. The van der Waals surface area contributed by atoms with Gasteiger partial charge in [-0.25, -0.2) is 14.0 Å². The van der Waals surface area contributed by atoms with Crippen LogP contribution >= 0.6 is 0 Å². The van der Waals surface area contributed by atoms with Gasteiger partial charge in [-0.1, -0.05) is 66.7 Å². The van der Waals surface area contributed by atoms with E-state index in [1.54, 1.807) is 48.5 Å². The van der Waals surface area contributed by atoms with E-state index in [9.17, 15) is 23.6 Å². The standard InChI is InChI=1S/C27H24FN3O6/c28-21-12-11-20(22(13-21)29-26(34)36-16-18-7-3-1-4-8-18)15-31(23-14-24(32)30-25(23)33)27(35)37-17-19-9-5-2-6-10-19/h1-13,23H,14-17H2,(H,29,34)(H,30,32,33). The lowest BCUT2D eigenvalue weighted by molar-refractivity contribution is -0.126. The van der Waals surface area contributed by atoms with Crippen LogP contribution in [0, 0.1) is 5.82 Å². The molecule has 4 amide bonds. The molecule has 1 fully saturated rings. The maximum atomic E-state index is 14.1. The summed E-state index contributed by atoms with van der Waals surface area (Å²) < 4.78 is 24.7. The van der Waals surface area contributed by atoms with Crippen LogP contribution in [0.15, 0.2) is 78.9 Å². The zero-order chi connectivity index (χ0) is 26.2. The van der Waals surface area contributed by atoms with Crippen LogP contribution in [0.2, 0.25) is 0 Å². The average molecular weight is 506 g/mol. The first-order chi connectivity index (χ1) is 17.9. The molecule has 0 saturated carbocycles. The minimum absolute atomic E-state index is 0.000381. The number of imide groups is 1. The summed E-state index contributed by atoms with van der Waals surface area (Å²) in [6, 6.07) is 20.4. The molecule has 0 aliphatic carbocycles. The molecule has 2 N–H and O–H groups in total. The Balaban J connectivity index is 1.50. The second kappa shape index (κ2) is 11.8. The number of ether oxygens (including phenoxy) is 2. The Kier molecular flexibility index (Phi) is 8.09. The molecule has 37 heavy (non-hydrogen) atoms. The number of benzene rings is 3. The van der Waals surface area contributed by atoms with Gasteiger partial charge in [0.15, 0.2) is 0 Å². The molecule has 0 bridgehead atoms. The van der Waals surface area contributed by atoms with Gasteiger partial charge in [-0.15, -0.1) is 0 Å². The molecule has 0 radical (unpaired) electrons. The first-order valence-corrected chi connectivity index (χ1v) is 11.5. The van der Waals surface area contributed by atoms with Gasteiger partial charge in [0.25, 0.3) is 0 Å². The summed E-state index contributed by atoms with van der Waals surface area (Å²) in [5.41, 5.74) is 1.85.